The zero-order valence-electron chi connectivity index (χ0n) is 19.4. The molecule has 0 fully saturated rings. The molecule has 2 heterocycles. The van der Waals surface area contributed by atoms with E-state index < -0.39 is 35.8 Å². The lowest BCUT2D eigenvalue weighted by Crippen LogP contribution is -2.55. The van der Waals surface area contributed by atoms with Gasteiger partial charge >= 0.3 is 6.09 Å². The number of ether oxygens (including phenoxy) is 1. The number of benzene rings is 1. The molecule has 1 aliphatic heterocycles. The van der Waals surface area contributed by atoms with Crippen molar-refractivity contribution in [2.45, 2.75) is 51.8 Å². The first kappa shape index (κ1) is 24.9. The van der Waals surface area contributed by atoms with Gasteiger partial charge in [0, 0.05) is 24.9 Å². The van der Waals surface area contributed by atoms with Crippen molar-refractivity contribution >= 4 is 23.7 Å². The summed E-state index contributed by atoms with van der Waals surface area (Å²) in [7, 11) is 0. The third-order valence-electron chi connectivity index (χ3n) is 5.63. The zero-order valence-corrected chi connectivity index (χ0v) is 19.4. The van der Waals surface area contributed by atoms with Gasteiger partial charge in [0.15, 0.2) is 0 Å². The second kappa shape index (κ2) is 11.9. The summed E-state index contributed by atoms with van der Waals surface area (Å²) in [5.74, 6) is -2.30. The fraction of sp³-hybridized carbons (Fsp3) is 0.400. The number of Topliss-reactive ketones (excluding diaryl/α,β-unsaturated/α-hetero) is 1. The Balaban J connectivity index is 1.66. The van der Waals surface area contributed by atoms with Crippen LogP contribution in [-0.4, -0.2) is 47.3 Å². The molecule has 0 aliphatic carbocycles. The highest BCUT2D eigenvalue weighted by Gasteiger charge is 2.32. The Morgan fingerprint density at radius 2 is 1.88 bits per heavy atom. The van der Waals surface area contributed by atoms with Gasteiger partial charge in [0.25, 0.3) is 5.91 Å². The Bertz CT molecular complexity index is 1020. The van der Waals surface area contributed by atoms with E-state index in [0.29, 0.717) is 12.8 Å². The van der Waals surface area contributed by atoms with Gasteiger partial charge in [-0.15, -0.1) is 0 Å². The van der Waals surface area contributed by atoms with E-state index in [0.717, 1.165) is 16.8 Å². The van der Waals surface area contributed by atoms with Crippen LogP contribution in [0.1, 0.15) is 37.1 Å². The van der Waals surface area contributed by atoms with Crippen LogP contribution in [0, 0.1) is 5.92 Å². The van der Waals surface area contributed by atoms with Crippen LogP contribution in [0.5, 0.6) is 0 Å². The summed E-state index contributed by atoms with van der Waals surface area (Å²) >= 11 is 0. The molecule has 3 N–H and O–H groups in total. The molecule has 9 nitrogen and oxygen atoms in total. The van der Waals surface area contributed by atoms with E-state index in [4.69, 9.17) is 4.74 Å². The summed E-state index contributed by atoms with van der Waals surface area (Å²) in [6, 6.07) is 11.0. The molecule has 0 radical (unpaired) electrons. The van der Waals surface area contributed by atoms with Gasteiger partial charge in [-0.2, -0.15) is 0 Å². The molecule has 0 bridgehead atoms. The molecule has 180 valence electrons. The number of carbonyl (C=O) groups is 4. The van der Waals surface area contributed by atoms with Crippen LogP contribution in [0.25, 0.3) is 0 Å². The summed E-state index contributed by atoms with van der Waals surface area (Å²) in [4.78, 5) is 54.8. The van der Waals surface area contributed by atoms with Crippen molar-refractivity contribution in [2.24, 2.45) is 5.92 Å². The van der Waals surface area contributed by atoms with Crippen LogP contribution in [0.15, 0.2) is 48.7 Å². The van der Waals surface area contributed by atoms with Gasteiger partial charge in [-0.25, -0.2) is 4.79 Å². The standard InChI is InChI=1S/C25H30N4O5/c1-16(2)21(29-25(33)34-15-17-7-4-3-5-8-17)23(31)28-20-11-10-18-9-6-13-26-19(18)12-14-27-24(32)22(20)30/h3-9,13,16,20-21H,10-12,14-15H2,1-2H3,(H,27,32)(H,28,31)(H,29,33). The Morgan fingerprint density at radius 3 is 2.62 bits per heavy atom. The Kier molecular flexibility index (Phi) is 8.73. The monoisotopic (exact) mass is 466 g/mol. The highest BCUT2D eigenvalue weighted by molar-refractivity contribution is 6.38. The van der Waals surface area contributed by atoms with Gasteiger partial charge in [0.2, 0.25) is 11.7 Å². The summed E-state index contributed by atoms with van der Waals surface area (Å²) in [5.41, 5.74) is 2.63. The van der Waals surface area contributed by atoms with E-state index in [1.807, 2.05) is 42.5 Å². The van der Waals surface area contributed by atoms with Crippen LogP contribution >= 0.6 is 0 Å². The summed E-state index contributed by atoms with van der Waals surface area (Å²) in [6.07, 6.45) is 2.18. The molecule has 2 atom stereocenters. The number of aromatic nitrogens is 1. The van der Waals surface area contributed by atoms with E-state index in [1.165, 1.54) is 0 Å². The molecule has 2 unspecified atom stereocenters. The van der Waals surface area contributed by atoms with Crippen LogP contribution in [0.3, 0.4) is 0 Å². The number of rotatable bonds is 6. The predicted molar refractivity (Wildman–Crippen MR) is 125 cm³/mol. The number of amides is 3. The quantitative estimate of drug-likeness (QED) is 0.556. The molecule has 3 amide bonds. The van der Waals surface area contributed by atoms with Gasteiger partial charge in [-0.3, -0.25) is 19.4 Å². The van der Waals surface area contributed by atoms with E-state index in [1.54, 1.807) is 20.0 Å². The average molecular weight is 467 g/mol. The summed E-state index contributed by atoms with van der Waals surface area (Å²) < 4.78 is 5.23. The van der Waals surface area contributed by atoms with Gasteiger partial charge in [-0.05, 0) is 36.0 Å². The highest BCUT2D eigenvalue weighted by Crippen LogP contribution is 2.13. The molecule has 0 saturated carbocycles. The van der Waals surface area contributed by atoms with Crippen molar-refractivity contribution in [2.75, 3.05) is 6.54 Å². The fourth-order valence-electron chi connectivity index (χ4n) is 3.72. The molecule has 1 aromatic heterocycles. The van der Waals surface area contributed by atoms with Crippen molar-refractivity contribution in [1.82, 2.24) is 20.9 Å². The van der Waals surface area contributed by atoms with Crippen LogP contribution in [0.2, 0.25) is 0 Å². The number of nitrogens with one attached hydrogen (secondary N) is 3. The van der Waals surface area contributed by atoms with E-state index in [9.17, 15) is 19.2 Å². The first-order valence-corrected chi connectivity index (χ1v) is 11.4. The molecule has 9 heteroatoms. The van der Waals surface area contributed by atoms with Crippen LogP contribution in [0.4, 0.5) is 4.79 Å². The summed E-state index contributed by atoms with van der Waals surface area (Å²) in [6.45, 7) is 3.88. The number of hydrogen-bond donors (Lipinski definition) is 3. The second-order valence-electron chi connectivity index (χ2n) is 8.51. The van der Waals surface area contributed by atoms with E-state index in [2.05, 4.69) is 20.9 Å². The molecule has 2 aromatic rings. The lowest BCUT2D eigenvalue weighted by Gasteiger charge is -2.25. The minimum Gasteiger partial charge on any atom is -0.445 e. The lowest BCUT2D eigenvalue weighted by atomic mass is 9.97. The maximum atomic E-state index is 13.0. The zero-order chi connectivity index (χ0) is 24.5. The smallest absolute Gasteiger partial charge is 0.408 e. The number of aryl methyl sites for hydroxylation is 1. The van der Waals surface area contributed by atoms with Crippen molar-refractivity contribution in [1.29, 1.82) is 0 Å². The van der Waals surface area contributed by atoms with Gasteiger partial charge in [-0.1, -0.05) is 50.2 Å². The van der Waals surface area contributed by atoms with E-state index >= 15 is 0 Å². The minimum atomic E-state index is -1.03. The number of ketones is 1. The Labute approximate surface area is 198 Å². The molecule has 0 saturated heterocycles. The van der Waals surface area contributed by atoms with Crippen LogP contribution < -0.4 is 16.0 Å². The SMILES string of the molecule is CC(C)C(NC(=O)OCc1ccccc1)C(=O)NC1CCc2cccnc2CCNC(=O)C1=O. The van der Waals surface area contributed by atoms with Crippen molar-refractivity contribution in [3.05, 3.63) is 65.5 Å². The van der Waals surface area contributed by atoms with Crippen LogP contribution in [-0.2, 0) is 38.6 Å². The molecule has 1 aromatic carbocycles. The molecular weight excluding hydrogens is 436 g/mol. The molecular formula is C25H30N4O5. The molecule has 0 spiro atoms. The number of carbonyl (C=O) groups excluding carboxylic acids is 4. The van der Waals surface area contributed by atoms with Crippen molar-refractivity contribution in [3.63, 3.8) is 0 Å². The number of alkyl carbamates (subject to hydrolysis) is 1. The predicted octanol–water partition coefficient (Wildman–Crippen LogP) is 1.69. The Morgan fingerprint density at radius 1 is 1.12 bits per heavy atom. The largest absolute Gasteiger partial charge is 0.445 e. The van der Waals surface area contributed by atoms with Crippen molar-refractivity contribution < 1.29 is 23.9 Å². The number of hydrogen-bond acceptors (Lipinski definition) is 6. The third-order valence-corrected chi connectivity index (χ3v) is 5.63. The average Bonchev–Trinajstić information content (AvgIpc) is 2.83. The summed E-state index contributed by atoms with van der Waals surface area (Å²) in [5, 5.41) is 7.83. The second-order valence-corrected chi connectivity index (χ2v) is 8.51. The number of nitrogens with zero attached hydrogens (tertiary/aromatic N) is 1. The maximum absolute atomic E-state index is 13.0. The maximum Gasteiger partial charge on any atom is 0.408 e. The first-order chi connectivity index (χ1) is 16.3. The van der Waals surface area contributed by atoms with Gasteiger partial charge < -0.3 is 20.7 Å². The van der Waals surface area contributed by atoms with E-state index in [-0.39, 0.29) is 25.5 Å². The fourth-order valence-corrected chi connectivity index (χ4v) is 3.72. The molecule has 3 rings (SSSR count). The van der Waals surface area contributed by atoms with Crippen molar-refractivity contribution in [3.8, 4) is 0 Å². The van der Waals surface area contributed by atoms with Gasteiger partial charge in [0.1, 0.15) is 12.6 Å². The number of fused-ring (bicyclic) bond motifs is 1. The highest BCUT2D eigenvalue weighted by atomic mass is 16.5. The normalized spacial score (nSPS) is 17.2. The molecule has 34 heavy (non-hydrogen) atoms. The Hall–Kier alpha value is -3.75. The lowest BCUT2D eigenvalue weighted by molar-refractivity contribution is -0.140. The molecule has 1 aliphatic rings. The topological polar surface area (TPSA) is 126 Å². The number of pyridine rings is 1. The van der Waals surface area contributed by atoms with Gasteiger partial charge in [0.05, 0.1) is 6.04 Å². The third kappa shape index (κ3) is 6.87. The minimum absolute atomic E-state index is 0.0633. The first-order valence-electron chi connectivity index (χ1n) is 11.4.